The van der Waals surface area contributed by atoms with Crippen molar-refractivity contribution >= 4 is 5.91 Å². The van der Waals surface area contributed by atoms with Crippen molar-refractivity contribution < 1.29 is 9.90 Å². The quantitative estimate of drug-likeness (QED) is 0.658. The average molecular weight is 187 g/mol. The van der Waals surface area contributed by atoms with Crippen molar-refractivity contribution in [2.75, 3.05) is 6.54 Å². The molecule has 0 bridgehead atoms. The van der Waals surface area contributed by atoms with E-state index in [2.05, 4.69) is 5.32 Å². The van der Waals surface area contributed by atoms with E-state index >= 15 is 0 Å². The highest BCUT2D eigenvalue weighted by Crippen LogP contribution is 2.06. The highest BCUT2D eigenvalue weighted by Gasteiger charge is 2.14. The summed E-state index contributed by atoms with van der Waals surface area (Å²) in [5.41, 5.74) is 0. The first-order chi connectivity index (χ1) is 6.15. The van der Waals surface area contributed by atoms with Gasteiger partial charge in [0.05, 0.1) is 6.10 Å². The lowest BCUT2D eigenvalue weighted by atomic mass is 10.0. The van der Waals surface area contributed by atoms with Crippen molar-refractivity contribution in [1.82, 2.24) is 5.32 Å². The molecule has 0 aliphatic rings. The van der Waals surface area contributed by atoms with Crippen LogP contribution in [0.5, 0.6) is 0 Å². The van der Waals surface area contributed by atoms with E-state index in [0.717, 1.165) is 12.8 Å². The summed E-state index contributed by atoms with van der Waals surface area (Å²) in [5.74, 6) is 0.168. The molecule has 0 saturated heterocycles. The van der Waals surface area contributed by atoms with E-state index in [0.29, 0.717) is 13.0 Å². The number of aliphatic hydroxyl groups excluding tert-OH is 1. The number of amides is 1. The van der Waals surface area contributed by atoms with Gasteiger partial charge >= 0.3 is 0 Å². The van der Waals surface area contributed by atoms with Crippen LogP contribution in [-0.4, -0.2) is 23.7 Å². The van der Waals surface area contributed by atoms with Crippen LogP contribution in [0, 0.1) is 5.92 Å². The average Bonchev–Trinajstić information content (AvgIpc) is 2.16. The minimum Gasteiger partial charge on any atom is -0.391 e. The van der Waals surface area contributed by atoms with Gasteiger partial charge in [0.15, 0.2) is 0 Å². The summed E-state index contributed by atoms with van der Waals surface area (Å²) in [5, 5.41) is 12.0. The Hall–Kier alpha value is -0.570. The summed E-state index contributed by atoms with van der Waals surface area (Å²) in [6, 6.07) is 0. The van der Waals surface area contributed by atoms with Gasteiger partial charge in [0.25, 0.3) is 0 Å². The second-order valence-electron chi connectivity index (χ2n) is 3.32. The molecule has 0 aromatic rings. The molecular weight excluding hydrogens is 166 g/mol. The molecule has 78 valence electrons. The first-order valence-corrected chi connectivity index (χ1v) is 5.11. The fourth-order valence-electron chi connectivity index (χ4n) is 1.17. The van der Waals surface area contributed by atoms with Crippen LogP contribution in [0.4, 0.5) is 0 Å². The lowest BCUT2D eigenvalue weighted by molar-refractivity contribution is -0.125. The van der Waals surface area contributed by atoms with Gasteiger partial charge in [0, 0.05) is 12.5 Å². The van der Waals surface area contributed by atoms with Crippen molar-refractivity contribution in [3.63, 3.8) is 0 Å². The number of rotatable bonds is 6. The number of nitrogens with one attached hydrogen (secondary N) is 1. The van der Waals surface area contributed by atoms with Crippen LogP contribution < -0.4 is 5.32 Å². The molecular formula is C10H21NO2. The molecule has 0 saturated carbocycles. The molecule has 0 aliphatic heterocycles. The lowest BCUT2D eigenvalue weighted by Gasteiger charge is -2.14. The van der Waals surface area contributed by atoms with Crippen molar-refractivity contribution in [2.24, 2.45) is 5.92 Å². The van der Waals surface area contributed by atoms with Crippen LogP contribution in [0.3, 0.4) is 0 Å². The van der Waals surface area contributed by atoms with Gasteiger partial charge in [-0.15, -0.1) is 0 Å². The molecule has 0 spiro atoms. The largest absolute Gasteiger partial charge is 0.391 e. The van der Waals surface area contributed by atoms with Gasteiger partial charge in [0.1, 0.15) is 0 Å². The van der Waals surface area contributed by atoms with E-state index in [-0.39, 0.29) is 11.8 Å². The number of hydrogen-bond acceptors (Lipinski definition) is 2. The summed E-state index contributed by atoms with van der Waals surface area (Å²) in [6.45, 7) is 6.29. The topological polar surface area (TPSA) is 49.3 Å². The predicted molar refractivity (Wildman–Crippen MR) is 53.4 cm³/mol. The van der Waals surface area contributed by atoms with Crippen LogP contribution in [0.15, 0.2) is 0 Å². The summed E-state index contributed by atoms with van der Waals surface area (Å²) in [4.78, 5) is 11.4. The Labute approximate surface area is 80.5 Å². The molecule has 2 N–H and O–H groups in total. The molecule has 3 nitrogen and oxygen atoms in total. The Morgan fingerprint density at radius 2 is 1.77 bits per heavy atom. The Morgan fingerprint density at radius 1 is 1.23 bits per heavy atom. The zero-order valence-electron chi connectivity index (χ0n) is 8.84. The summed E-state index contributed by atoms with van der Waals surface area (Å²) < 4.78 is 0. The van der Waals surface area contributed by atoms with Crippen molar-refractivity contribution in [1.29, 1.82) is 0 Å². The number of hydrogen-bond donors (Lipinski definition) is 2. The molecule has 3 heteroatoms. The van der Waals surface area contributed by atoms with E-state index < -0.39 is 6.10 Å². The molecule has 0 fully saturated rings. The standard InChI is InChI=1S/C10H21NO2/c1-4-8(5-2)10(13)11-7-9(12)6-3/h8-9,12H,4-7H2,1-3H3,(H,11,13). The minimum atomic E-state index is -0.404. The minimum absolute atomic E-state index is 0.0671. The summed E-state index contributed by atoms with van der Waals surface area (Å²) in [7, 11) is 0. The third-order valence-electron chi connectivity index (χ3n) is 2.34. The Bertz CT molecular complexity index is 144. The number of aliphatic hydroxyl groups is 1. The first kappa shape index (κ1) is 12.4. The van der Waals surface area contributed by atoms with Crippen molar-refractivity contribution in [3.8, 4) is 0 Å². The molecule has 1 unspecified atom stereocenters. The fraction of sp³-hybridized carbons (Fsp3) is 0.900. The molecule has 0 heterocycles. The highest BCUT2D eigenvalue weighted by atomic mass is 16.3. The molecule has 0 aromatic heterocycles. The van der Waals surface area contributed by atoms with E-state index in [9.17, 15) is 9.90 Å². The zero-order chi connectivity index (χ0) is 10.3. The Kier molecular flexibility index (Phi) is 6.59. The van der Waals surface area contributed by atoms with E-state index in [1.807, 2.05) is 20.8 Å². The van der Waals surface area contributed by atoms with Gasteiger partial charge in [-0.05, 0) is 19.3 Å². The molecule has 13 heavy (non-hydrogen) atoms. The molecule has 0 aliphatic carbocycles. The van der Waals surface area contributed by atoms with E-state index in [1.54, 1.807) is 0 Å². The SMILES string of the molecule is CCC(O)CNC(=O)C(CC)CC. The predicted octanol–water partition coefficient (Wildman–Crippen LogP) is 1.31. The van der Waals surface area contributed by atoms with Crippen LogP contribution in [0.2, 0.25) is 0 Å². The van der Waals surface area contributed by atoms with Gasteiger partial charge in [-0.3, -0.25) is 4.79 Å². The number of carbonyl (C=O) groups excluding carboxylic acids is 1. The molecule has 0 rings (SSSR count). The summed E-state index contributed by atoms with van der Waals surface area (Å²) in [6.07, 6.45) is 2.01. The monoisotopic (exact) mass is 187 g/mol. The molecule has 0 radical (unpaired) electrons. The second kappa shape index (κ2) is 6.89. The van der Waals surface area contributed by atoms with Gasteiger partial charge < -0.3 is 10.4 Å². The van der Waals surface area contributed by atoms with Gasteiger partial charge in [-0.2, -0.15) is 0 Å². The van der Waals surface area contributed by atoms with E-state index in [1.165, 1.54) is 0 Å². The third kappa shape index (κ3) is 4.88. The molecule has 0 aromatic carbocycles. The maximum atomic E-state index is 11.4. The lowest BCUT2D eigenvalue weighted by Crippen LogP contribution is -2.35. The second-order valence-corrected chi connectivity index (χ2v) is 3.32. The van der Waals surface area contributed by atoms with Crippen LogP contribution in [0.1, 0.15) is 40.0 Å². The van der Waals surface area contributed by atoms with E-state index in [4.69, 9.17) is 0 Å². The first-order valence-electron chi connectivity index (χ1n) is 5.11. The van der Waals surface area contributed by atoms with Gasteiger partial charge in [0.2, 0.25) is 5.91 Å². The van der Waals surface area contributed by atoms with Crippen LogP contribution in [0.25, 0.3) is 0 Å². The van der Waals surface area contributed by atoms with Gasteiger partial charge in [-0.25, -0.2) is 0 Å². The van der Waals surface area contributed by atoms with Crippen LogP contribution >= 0.6 is 0 Å². The maximum Gasteiger partial charge on any atom is 0.223 e. The molecule has 1 amide bonds. The number of carbonyl (C=O) groups is 1. The Balaban J connectivity index is 3.72. The van der Waals surface area contributed by atoms with Crippen molar-refractivity contribution in [3.05, 3.63) is 0 Å². The summed E-state index contributed by atoms with van der Waals surface area (Å²) >= 11 is 0. The Morgan fingerprint density at radius 3 is 2.15 bits per heavy atom. The van der Waals surface area contributed by atoms with Crippen LogP contribution in [-0.2, 0) is 4.79 Å². The fourth-order valence-corrected chi connectivity index (χ4v) is 1.17. The third-order valence-corrected chi connectivity index (χ3v) is 2.34. The normalized spacial score (nSPS) is 13.0. The zero-order valence-corrected chi connectivity index (χ0v) is 8.84. The van der Waals surface area contributed by atoms with Crippen molar-refractivity contribution in [2.45, 2.75) is 46.1 Å². The maximum absolute atomic E-state index is 11.4. The smallest absolute Gasteiger partial charge is 0.223 e. The highest BCUT2D eigenvalue weighted by molar-refractivity contribution is 5.78. The molecule has 1 atom stereocenters. The van der Waals surface area contributed by atoms with Gasteiger partial charge in [-0.1, -0.05) is 20.8 Å².